The molecule has 1 aliphatic heterocycles. The van der Waals surface area contributed by atoms with E-state index in [1.54, 1.807) is 25.4 Å². The molecule has 1 saturated heterocycles. The zero-order valence-corrected chi connectivity index (χ0v) is 17.2. The van der Waals surface area contributed by atoms with Crippen molar-refractivity contribution in [2.24, 2.45) is 0 Å². The Balaban J connectivity index is 1.53. The molecule has 0 saturated carbocycles. The van der Waals surface area contributed by atoms with Crippen molar-refractivity contribution in [3.05, 3.63) is 54.2 Å². The molecule has 2 heterocycles. The van der Waals surface area contributed by atoms with Gasteiger partial charge in [0.2, 0.25) is 0 Å². The van der Waals surface area contributed by atoms with Gasteiger partial charge in [-0.15, -0.1) is 0 Å². The van der Waals surface area contributed by atoms with E-state index >= 15 is 0 Å². The highest BCUT2D eigenvalue weighted by molar-refractivity contribution is 5.90. The molecule has 0 aliphatic carbocycles. The number of benzene rings is 2. The third-order valence-electron chi connectivity index (χ3n) is 5.63. The van der Waals surface area contributed by atoms with Gasteiger partial charge in [0.25, 0.3) is 0 Å². The number of fused-ring (bicyclic) bond motifs is 1. The number of rotatable bonds is 7. The van der Waals surface area contributed by atoms with Crippen LogP contribution in [0.3, 0.4) is 0 Å². The van der Waals surface area contributed by atoms with Gasteiger partial charge >= 0.3 is 5.97 Å². The predicted octanol–water partition coefficient (Wildman–Crippen LogP) is 3.03. The van der Waals surface area contributed by atoms with Crippen LogP contribution in [0.2, 0.25) is 0 Å². The molecule has 1 fully saturated rings. The van der Waals surface area contributed by atoms with E-state index in [-0.39, 0.29) is 6.61 Å². The molecule has 2 N–H and O–H groups in total. The zero-order chi connectivity index (χ0) is 21.8. The average molecular weight is 420 g/mol. The minimum atomic E-state index is -0.887. The second kappa shape index (κ2) is 8.98. The lowest BCUT2D eigenvalue weighted by Gasteiger charge is -2.38. The van der Waals surface area contributed by atoms with Gasteiger partial charge in [-0.2, -0.15) is 5.26 Å². The largest absolute Gasteiger partial charge is 0.497 e. The van der Waals surface area contributed by atoms with Crippen LogP contribution in [0.4, 0.5) is 5.69 Å². The summed E-state index contributed by atoms with van der Waals surface area (Å²) in [5, 5.41) is 19.6. The van der Waals surface area contributed by atoms with Gasteiger partial charge in [0, 0.05) is 54.5 Å². The number of aromatic amines is 1. The summed E-state index contributed by atoms with van der Waals surface area (Å²) in [5.74, 6) is 0.469. The number of aliphatic carboxylic acids is 1. The summed E-state index contributed by atoms with van der Waals surface area (Å²) in [4.78, 5) is 19.7. The van der Waals surface area contributed by atoms with E-state index in [0.29, 0.717) is 24.4 Å². The number of carboxylic acid groups (broad SMARTS) is 1. The van der Waals surface area contributed by atoms with Gasteiger partial charge in [-0.1, -0.05) is 0 Å². The highest BCUT2D eigenvalue weighted by Gasteiger charge is 2.32. The van der Waals surface area contributed by atoms with Gasteiger partial charge in [0.15, 0.2) is 6.61 Å². The van der Waals surface area contributed by atoms with Gasteiger partial charge < -0.3 is 24.5 Å². The van der Waals surface area contributed by atoms with E-state index in [1.165, 1.54) is 0 Å². The lowest BCUT2D eigenvalue weighted by molar-refractivity contribution is -0.143. The van der Waals surface area contributed by atoms with E-state index in [4.69, 9.17) is 14.7 Å². The number of carbonyl (C=O) groups is 1. The topological polar surface area (TPSA) is 102 Å². The zero-order valence-electron chi connectivity index (χ0n) is 17.2. The summed E-state index contributed by atoms with van der Waals surface area (Å²) in [6.07, 6.45) is 1.76. The van der Waals surface area contributed by atoms with Crippen molar-refractivity contribution in [3.63, 3.8) is 0 Å². The van der Waals surface area contributed by atoms with Crippen LogP contribution in [0.1, 0.15) is 11.6 Å². The first kappa shape index (κ1) is 20.6. The lowest BCUT2D eigenvalue weighted by atomic mass is 10.0. The van der Waals surface area contributed by atoms with Gasteiger partial charge in [-0.25, -0.2) is 0 Å². The first-order chi connectivity index (χ1) is 15.1. The number of anilines is 1. The maximum atomic E-state index is 12.3. The maximum Gasteiger partial charge on any atom is 0.325 e. The number of hydrogen-bond acceptors (Lipinski definition) is 6. The summed E-state index contributed by atoms with van der Waals surface area (Å²) >= 11 is 0. The number of hydrogen-bond donors (Lipinski definition) is 2. The molecule has 0 spiro atoms. The maximum absolute atomic E-state index is 12.3. The van der Waals surface area contributed by atoms with Crippen molar-refractivity contribution in [2.45, 2.75) is 6.04 Å². The Morgan fingerprint density at radius 3 is 2.52 bits per heavy atom. The second-order valence-corrected chi connectivity index (χ2v) is 7.36. The molecule has 1 aromatic heterocycles. The fourth-order valence-electron chi connectivity index (χ4n) is 4.07. The molecule has 0 radical (unpaired) electrons. The van der Waals surface area contributed by atoms with E-state index in [9.17, 15) is 9.90 Å². The molecular formula is C23H24N4O4. The number of nitriles is 1. The van der Waals surface area contributed by atoms with Crippen molar-refractivity contribution >= 4 is 22.6 Å². The normalized spacial score (nSPS) is 15.4. The molecule has 3 aromatic rings. The van der Waals surface area contributed by atoms with Gasteiger partial charge in [0.05, 0.1) is 7.11 Å². The first-order valence-electron chi connectivity index (χ1n) is 10.1. The summed E-state index contributed by atoms with van der Waals surface area (Å²) in [6, 6.07) is 14.5. The Kier molecular flexibility index (Phi) is 5.96. The van der Waals surface area contributed by atoms with Gasteiger partial charge in [-0.3, -0.25) is 9.69 Å². The molecule has 0 bridgehead atoms. The third-order valence-corrected chi connectivity index (χ3v) is 5.63. The van der Waals surface area contributed by atoms with Crippen LogP contribution >= 0.6 is 0 Å². The fraction of sp³-hybridized carbons (Fsp3) is 0.304. The molecule has 1 aliphatic rings. The molecule has 4 rings (SSSR count). The Morgan fingerprint density at radius 2 is 1.87 bits per heavy atom. The summed E-state index contributed by atoms with van der Waals surface area (Å²) in [5.41, 5.74) is 2.63. The Bertz CT molecular complexity index is 1090. The van der Waals surface area contributed by atoms with E-state index in [0.717, 1.165) is 35.4 Å². The van der Waals surface area contributed by atoms with Gasteiger partial charge in [0.1, 0.15) is 23.6 Å². The summed E-state index contributed by atoms with van der Waals surface area (Å²) in [7, 11) is 1.64. The number of carboxylic acids is 1. The van der Waals surface area contributed by atoms with E-state index < -0.39 is 12.0 Å². The molecule has 0 unspecified atom stereocenters. The molecule has 2 aromatic carbocycles. The number of nitrogens with one attached hydrogen (secondary N) is 1. The molecular weight excluding hydrogens is 396 g/mol. The number of ether oxygens (including phenoxy) is 2. The molecule has 31 heavy (non-hydrogen) atoms. The lowest BCUT2D eigenvalue weighted by Crippen LogP contribution is -2.49. The molecule has 8 heteroatoms. The van der Waals surface area contributed by atoms with Crippen LogP contribution in [0, 0.1) is 11.3 Å². The van der Waals surface area contributed by atoms with Crippen LogP contribution < -0.4 is 14.4 Å². The number of methoxy groups -OCH3 is 1. The second-order valence-electron chi connectivity index (χ2n) is 7.36. The Hall–Kier alpha value is -3.70. The quantitative estimate of drug-likeness (QED) is 0.606. The summed E-state index contributed by atoms with van der Waals surface area (Å²) < 4.78 is 10.6. The minimum Gasteiger partial charge on any atom is -0.497 e. The molecule has 160 valence electrons. The highest BCUT2D eigenvalue weighted by Crippen LogP contribution is 2.32. The Morgan fingerprint density at radius 1 is 1.16 bits per heavy atom. The monoisotopic (exact) mass is 420 g/mol. The summed E-state index contributed by atoms with van der Waals surface area (Å²) in [6.45, 7) is 2.66. The third kappa shape index (κ3) is 4.27. The first-order valence-corrected chi connectivity index (χ1v) is 10.1. The number of piperazine rings is 1. The number of H-pyrrole nitrogens is 1. The number of nitrogens with zero attached hydrogens (tertiary/aromatic N) is 3. The standard InChI is InChI=1S/C23H24N4O4/c1-30-17-4-2-16(3-5-17)26-9-11-27(12-10-26)22(23(28)29)20-15-25-21-7-6-18(14-19(20)21)31-13-8-24/h2-7,14-15,22,25H,9-13H2,1H3,(H,28,29)/t22-/m0/s1. The SMILES string of the molecule is COc1ccc(N2CCN([C@H](C(=O)O)c3c[nH]c4ccc(OCC#N)cc34)CC2)cc1. The smallest absolute Gasteiger partial charge is 0.325 e. The van der Waals surface area contributed by atoms with Crippen LogP contribution in [-0.4, -0.2) is 60.9 Å². The molecule has 0 amide bonds. The van der Waals surface area contributed by atoms with Crippen LogP contribution in [-0.2, 0) is 4.79 Å². The van der Waals surface area contributed by atoms with Crippen molar-refractivity contribution < 1.29 is 19.4 Å². The molecule has 8 nitrogen and oxygen atoms in total. The van der Waals surface area contributed by atoms with Crippen LogP contribution in [0.5, 0.6) is 11.5 Å². The van der Waals surface area contributed by atoms with Crippen LogP contribution in [0.15, 0.2) is 48.7 Å². The van der Waals surface area contributed by atoms with E-state index in [1.807, 2.05) is 41.3 Å². The predicted molar refractivity (Wildman–Crippen MR) is 117 cm³/mol. The molecule has 1 atom stereocenters. The van der Waals surface area contributed by atoms with E-state index in [2.05, 4.69) is 9.88 Å². The fourth-order valence-corrected chi connectivity index (χ4v) is 4.07. The van der Waals surface area contributed by atoms with Crippen molar-refractivity contribution in [2.75, 3.05) is 44.8 Å². The van der Waals surface area contributed by atoms with Crippen molar-refractivity contribution in [1.82, 2.24) is 9.88 Å². The van der Waals surface area contributed by atoms with Crippen molar-refractivity contribution in [1.29, 1.82) is 5.26 Å². The Labute approximate surface area is 180 Å². The van der Waals surface area contributed by atoms with Crippen LogP contribution in [0.25, 0.3) is 10.9 Å². The minimum absolute atomic E-state index is 0.0546. The van der Waals surface area contributed by atoms with Gasteiger partial charge in [-0.05, 0) is 42.5 Å². The highest BCUT2D eigenvalue weighted by atomic mass is 16.5. The van der Waals surface area contributed by atoms with Crippen molar-refractivity contribution in [3.8, 4) is 17.6 Å². The average Bonchev–Trinajstić information content (AvgIpc) is 3.21. The number of aromatic nitrogens is 1.